The van der Waals surface area contributed by atoms with Gasteiger partial charge in [-0.1, -0.05) is 53.3 Å². The number of carbonyl (C=O) groups excluding carboxylic acids is 1. The van der Waals surface area contributed by atoms with Gasteiger partial charge in [-0.05, 0) is 30.5 Å². The highest BCUT2D eigenvalue weighted by atomic mass is 35.5. The fourth-order valence-corrected chi connectivity index (χ4v) is 6.02. The molecule has 7 nitrogen and oxygen atoms in total. The van der Waals surface area contributed by atoms with Gasteiger partial charge in [0.2, 0.25) is 15.9 Å². The SMILES string of the molecule is COc1ccc(Cl)c2sc(N(Cc3ccccc3)C(=O)C3CCN(S(C)(=O)=O)CC3)nc12. The Labute approximate surface area is 196 Å². The highest BCUT2D eigenvalue weighted by Gasteiger charge is 2.33. The van der Waals surface area contributed by atoms with E-state index in [0.717, 1.165) is 10.3 Å². The molecule has 0 atom stereocenters. The van der Waals surface area contributed by atoms with E-state index in [1.54, 1.807) is 24.1 Å². The number of sulfonamides is 1. The molecule has 4 rings (SSSR count). The molecule has 170 valence electrons. The van der Waals surface area contributed by atoms with E-state index in [1.165, 1.54) is 21.9 Å². The Morgan fingerprint density at radius 1 is 1.22 bits per heavy atom. The number of thiazole rings is 1. The minimum atomic E-state index is -3.26. The number of piperidine rings is 1. The molecule has 0 N–H and O–H groups in total. The maximum absolute atomic E-state index is 13.6. The van der Waals surface area contributed by atoms with Gasteiger partial charge in [-0.25, -0.2) is 17.7 Å². The number of halogens is 1. The Hall–Kier alpha value is -2.20. The molecule has 2 heterocycles. The number of aromatic nitrogens is 1. The molecule has 1 aliphatic rings. The standard InChI is InChI=1S/C22H24ClN3O4S2/c1-30-18-9-8-17(23)20-19(18)24-22(31-20)26(14-15-6-4-3-5-7-15)21(27)16-10-12-25(13-11-16)32(2,28)29/h3-9,16H,10-14H2,1-2H3. The maximum atomic E-state index is 13.6. The van der Waals surface area contributed by atoms with E-state index in [1.807, 2.05) is 30.3 Å². The van der Waals surface area contributed by atoms with Crippen LogP contribution in [0.1, 0.15) is 18.4 Å². The zero-order valence-electron chi connectivity index (χ0n) is 17.8. The van der Waals surface area contributed by atoms with E-state index >= 15 is 0 Å². The highest BCUT2D eigenvalue weighted by Crippen LogP contribution is 2.39. The molecular formula is C22H24ClN3O4S2. The van der Waals surface area contributed by atoms with Crippen molar-refractivity contribution in [2.45, 2.75) is 19.4 Å². The molecule has 32 heavy (non-hydrogen) atoms. The zero-order valence-corrected chi connectivity index (χ0v) is 20.2. The topological polar surface area (TPSA) is 79.8 Å². The first-order valence-electron chi connectivity index (χ1n) is 10.2. The van der Waals surface area contributed by atoms with Crippen LogP contribution in [0, 0.1) is 5.92 Å². The minimum Gasteiger partial charge on any atom is -0.494 e. The van der Waals surface area contributed by atoms with Crippen molar-refractivity contribution in [1.29, 1.82) is 0 Å². The number of ether oxygens (including phenoxy) is 1. The first kappa shape index (κ1) is 23.0. The molecule has 0 aliphatic carbocycles. The fraction of sp³-hybridized carbons (Fsp3) is 0.364. The van der Waals surface area contributed by atoms with Gasteiger partial charge in [0.15, 0.2) is 5.13 Å². The molecule has 0 spiro atoms. The summed E-state index contributed by atoms with van der Waals surface area (Å²) in [4.78, 5) is 20.0. The van der Waals surface area contributed by atoms with E-state index in [4.69, 9.17) is 21.3 Å². The molecule has 10 heteroatoms. The van der Waals surface area contributed by atoms with Crippen LogP contribution in [-0.4, -0.2) is 50.1 Å². The second kappa shape index (κ2) is 9.35. The van der Waals surface area contributed by atoms with Gasteiger partial charge >= 0.3 is 0 Å². The van der Waals surface area contributed by atoms with Crippen LogP contribution in [0.25, 0.3) is 10.2 Å². The number of nitrogens with zero attached hydrogens (tertiary/aromatic N) is 3. The molecule has 1 fully saturated rings. The first-order chi connectivity index (χ1) is 15.3. The highest BCUT2D eigenvalue weighted by molar-refractivity contribution is 7.88. The number of rotatable bonds is 6. The molecule has 2 aromatic carbocycles. The lowest BCUT2D eigenvalue weighted by atomic mass is 9.96. The van der Waals surface area contributed by atoms with Gasteiger partial charge in [0.1, 0.15) is 11.3 Å². The monoisotopic (exact) mass is 493 g/mol. The van der Waals surface area contributed by atoms with Crippen LogP contribution in [0.5, 0.6) is 5.75 Å². The summed E-state index contributed by atoms with van der Waals surface area (Å²) in [5.74, 6) is 0.262. The number of fused-ring (bicyclic) bond motifs is 1. The molecule has 1 saturated heterocycles. The van der Waals surface area contributed by atoms with Crippen molar-refractivity contribution < 1.29 is 17.9 Å². The van der Waals surface area contributed by atoms with Crippen LogP contribution in [0.4, 0.5) is 5.13 Å². The van der Waals surface area contributed by atoms with E-state index in [0.29, 0.717) is 53.9 Å². The Kier molecular flexibility index (Phi) is 6.71. The summed E-state index contributed by atoms with van der Waals surface area (Å²) < 4.78 is 31.3. The van der Waals surface area contributed by atoms with Gasteiger partial charge < -0.3 is 4.74 Å². The van der Waals surface area contributed by atoms with Gasteiger partial charge in [-0.3, -0.25) is 9.69 Å². The predicted molar refractivity (Wildman–Crippen MR) is 128 cm³/mol. The summed E-state index contributed by atoms with van der Waals surface area (Å²) in [6, 6.07) is 13.2. The average Bonchev–Trinajstić information content (AvgIpc) is 3.24. The summed E-state index contributed by atoms with van der Waals surface area (Å²) in [5, 5.41) is 1.10. The Bertz CT molecular complexity index is 1220. The number of hydrogen-bond donors (Lipinski definition) is 0. The van der Waals surface area contributed by atoms with Gasteiger partial charge in [0.25, 0.3) is 0 Å². The van der Waals surface area contributed by atoms with Crippen molar-refractivity contribution in [3.8, 4) is 5.75 Å². The van der Waals surface area contributed by atoms with Crippen LogP contribution < -0.4 is 9.64 Å². The molecule has 1 aromatic heterocycles. The molecule has 0 saturated carbocycles. The van der Waals surface area contributed by atoms with Crippen LogP contribution in [0.3, 0.4) is 0 Å². The van der Waals surface area contributed by atoms with Crippen LogP contribution in [0.15, 0.2) is 42.5 Å². The third-order valence-electron chi connectivity index (χ3n) is 5.62. The van der Waals surface area contributed by atoms with Crippen LogP contribution in [-0.2, 0) is 21.4 Å². The van der Waals surface area contributed by atoms with E-state index < -0.39 is 10.0 Å². The zero-order chi connectivity index (χ0) is 22.9. The number of benzene rings is 2. The Morgan fingerprint density at radius 2 is 1.91 bits per heavy atom. The second-order valence-electron chi connectivity index (χ2n) is 7.77. The lowest BCUT2D eigenvalue weighted by Crippen LogP contribution is -2.44. The fourth-order valence-electron chi connectivity index (χ4n) is 3.88. The quantitative estimate of drug-likeness (QED) is 0.515. The largest absolute Gasteiger partial charge is 0.494 e. The summed E-state index contributed by atoms with van der Waals surface area (Å²) >= 11 is 7.75. The number of carbonyl (C=O) groups is 1. The van der Waals surface area contributed by atoms with Gasteiger partial charge in [0.05, 0.1) is 29.6 Å². The van der Waals surface area contributed by atoms with Gasteiger partial charge in [-0.2, -0.15) is 0 Å². The van der Waals surface area contributed by atoms with Crippen LogP contribution in [0.2, 0.25) is 5.02 Å². The van der Waals surface area contributed by atoms with Crippen molar-refractivity contribution in [1.82, 2.24) is 9.29 Å². The number of amides is 1. The molecule has 0 bridgehead atoms. The summed E-state index contributed by atoms with van der Waals surface area (Å²) in [6.45, 7) is 1.05. The lowest BCUT2D eigenvalue weighted by Gasteiger charge is -2.32. The molecule has 3 aromatic rings. The predicted octanol–water partition coefficient (Wildman–Crippen LogP) is 4.16. The van der Waals surface area contributed by atoms with Gasteiger partial charge in [-0.15, -0.1) is 0 Å². The molecule has 1 aliphatic heterocycles. The average molecular weight is 494 g/mol. The Balaban J connectivity index is 1.68. The van der Waals surface area contributed by atoms with Crippen molar-refractivity contribution in [2.75, 3.05) is 31.4 Å². The van der Waals surface area contributed by atoms with Crippen molar-refractivity contribution in [2.24, 2.45) is 5.92 Å². The maximum Gasteiger partial charge on any atom is 0.232 e. The van der Waals surface area contributed by atoms with E-state index in [2.05, 4.69) is 0 Å². The Morgan fingerprint density at radius 3 is 2.53 bits per heavy atom. The third-order valence-corrected chi connectivity index (χ3v) is 8.46. The second-order valence-corrected chi connectivity index (χ2v) is 11.1. The third kappa shape index (κ3) is 4.76. The molecular weight excluding hydrogens is 470 g/mol. The smallest absolute Gasteiger partial charge is 0.232 e. The van der Waals surface area contributed by atoms with Gasteiger partial charge in [0, 0.05) is 19.0 Å². The van der Waals surface area contributed by atoms with E-state index in [-0.39, 0.29) is 11.8 Å². The lowest BCUT2D eigenvalue weighted by molar-refractivity contribution is -0.123. The molecule has 1 amide bonds. The number of methoxy groups -OCH3 is 1. The van der Waals surface area contributed by atoms with E-state index in [9.17, 15) is 13.2 Å². The summed E-state index contributed by atoms with van der Waals surface area (Å²) in [6.07, 6.45) is 2.16. The van der Waals surface area contributed by atoms with Crippen LogP contribution >= 0.6 is 22.9 Å². The minimum absolute atomic E-state index is 0.0591. The molecule has 0 unspecified atom stereocenters. The van der Waals surface area contributed by atoms with Crippen molar-refractivity contribution >= 4 is 54.2 Å². The molecule has 0 radical (unpaired) electrons. The summed E-state index contributed by atoms with van der Waals surface area (Å²) in [5.41, 5.74) is 1.60. The van der Waals surface area contributed by atoms with Crippen molar-refractivity contribution in [3.63, 3.8) is 0 Å². The first-order valence-corrected chi connectivity index (χ1v) is 13.3. The number of anilines is 1. The summed E-state index contributed by atoms with van der Waals surface area (Å²) in [7, 11) is -1.68. The van der Waals surface area contributed by atoms with Crippen molar-refractivity contribution in [3.05, 3.63) is 53.1 Å². The number of hydrogen-bond acceptors (Lipinski definition) is 6. The normalized spacial score (nSPS) is 15.7.